The van der Waals surface area contributed by atoms with Gasteiger partial charge in [0.2, 0.25) is 5.91 Å². The fourth-order valence-electron chi connectivity index (χ4n) is 0.671. The second-order valence-corrected chi connectivity index (χ2v) is 2.39. The minimum atomic E-state index is -0.735. The van der Waals surface area contributed by atoms with Gasteiger partial charge in [0.15, 0.2) is 0 Å². The van der Waals surface area contributed by atoms with Crippen LogP contribution in [0.15, 0.2) is 6.20 Å². The molecule has 0 aromatic carbocycles. The third-order valence-corrected chi connectivity index (χ3v) is 1.49. The quantitative estimate of drug-likeness (QED) is 0.490. The number of amides is 1. The number of rotatable bonds is 3. The zero-order valence-corrected chi connectivity index (χ0v) is 6.75. The fraction of sp³-hybridized carbons (Fsp3) is 0.400. The maximum Gasteiger partial charge on any atom is 0.410 e. The summed E-state index contributed by atoms with van der Waals surface area (Å²) < 4.78 is 1.04. The van der Waals surface area contributed by atoms with Crippen molar-refractivity contribution >= 4 is 11.7 Å². The predicted octanol–water partition coefficient (Wildman–Crippen LogP) is -0.767. The van der Waals surface area contributed by atoms with E-state index in [2.05, 4.69) is 10.3 Å². The van der Waals surface area contributed by atoms with E-state index in [1.165, 1.54) is 6.92 Å². The SMILES string of the molecule is CC(C(N)=O)n1cc([N+](=O)[O-])nn1. The van der Waals surface area contributed by atoms with Crippen LogP contribution in [0.3, 0.4) is 0 Å². The topological polar surface area (TPSA) is 117 Å². The van der Waals surface area contributed by atoms with E-state index in [0.717, 1.165) is 10.9 Å². The van der Waals surface area contributed by atoms with Gasteiger partial charge in [0.05, 0.1) is 5.21 Å². The Hall–Kier alpha value is -1.99. The molecule has 0 aliphatic heterocycles. The van der Waals surface area contributed by atoms with Crippen LogP contribution in [0, 0.1) is 10.1 Å². The van der Waals surface area contributed by atoms with Gasteiger partial charge in [-0.05, 0) is 11.8 Å². The molecule has 0 aliphatic carbocycles. The van der Waals surface area contributed by atoms with Crippen molar-refractivity contribution < 1.29 is 9.72 Å². The molecule has 70 valence electrons. The van der Waals surface area contributed by atoms with E-state index in [9.17, 15) is 14.9 Å². The Morgan fingerprint density at radius 3 is 2.85 bits per heavy atom. The molecule has 1 rings (SSSR count). The summed E-state index contributed by atoms with van der Waals surface area (Å²) in [5, 5.41) is 16.8. The maximum absolute atomic E-state index is 10.6. The Morgan fingerprint density at radius 2 is 2.46 bits per heavy atom. The zero-order valence-electron chi connectivity index (χ0n) is 6.75. The van der Waals surface area contributed by atoms with Gasteiger partial charge in [-0.1, -0.05) is 0 Å². The van der Waals surface area contributed by atoms with Gasteiger partial charge in [-0.2, -0.15) is 0 Å². The molecule has 1 heterocycles. The van der Waals surface area contributed by atoms with E-state index in [-0.39, 0.29) is 0 Å². The van der Waals surface area contributed by atoms with E-state index in [0.29, 0.717) is 0 Å². The number of aromatic nitrogens is 3. The Labute approximate surface area is 72.5 Å². The Balaban J connectivity index is 2.91. The molecule has 0 bridgehead atoms. The van der Waals surface area contributed by atoms with Gasteiger partial charge in [0, 0.05) is 0 Å². The third-order valence-electron chi connectivity index (χ3n) is 1.49. The van der Waals surface area contributed by atoms with E-state index in [4.69, 9.17) is 5.73 Å². The lowest BCUT2D eigenvalue weighted by atomic mass is 10.3. The largest absolute Gasteiger partial charge is 0.410 e. The van der Waals surface area contributed by atoms with E-state index in [1.807, 2.05) is 0 Å². The van der Waals surface area contributed by atoms with Crippen LogP contribution in [0.1, 0.15) is 13.0 Å². The molecule has 8 heteroatoms. The molecule has 1 amide bonds. The number of carbonyl (C=O) groups excluding carboxylic acids is 1. The second-order valence-electron chi connectivity index (χ2n) is 2.39. The van der Waals surface area contributed by atoms with Gasteiger partial charge < -0.3 is 15.8 Å². The summed E-state index contributed by atoms with van der Waals surface area (Å²) in [5.41, 5.74) is 4.96. The standard InChI is InChI=1S/C5H7N5O3/c1-3(5(6)11)9-2-4(7-8-9)10(12)13/h2-3H,1H3,(H2,6,11). The summed E-state index contributed by atoms with van der Waals surface area (Å²) in [5.74, 6) is -1.03. The molecule has 0 spiro atoms. The molecular formula is C5H7N5O3. The molecule has 0 saturated heterocycles. The summed E-state index contributed by atoms with van der Waals surface area (Å²) in [6.45, 7) is 1.47. The minimum Gasteiger partial charge on any atom is -0.368 e. The first-order chi connectivity index (χ1) is 6.02. The van der Waals surface area contributed by atoms with Crippen molar-refractivity contribution in [3.63, 3.8) is 0 Å². The average Bonchev–Trinajstić information content (AvgIpc) is 2.50. The molecule has 13 heavy (non-hydrogen) atoms. The van der Waals surface area contributed by atoms with Crippen molar-refractivity contribution in [3.8, 4) is 0 Å². The lowest BCUT2D eigenvalue weighted by Gasteiger charge is -2.02. The Bertz CT molecular complexity index is 346. The number of nitrogens with two attached hydrogens (primary N) is 1. The number of nitro groups is 1. The van der Waals surface area contributed by atoms with Crippen molar-refractivity contribution in [2.45, 2.75) is 13.0 Å². The molecule has 2 N–H and O–H groups in total. The van der Waals surface area contributed by atoms with Gasteiger partial charge in [-0.15, -0.1) is 0 Å². The molecule has 0 fully saturated rings. The second kappa shape index (κ2) is 3.17. The summed E-state index contributed by atoms with van der Waals surface area (Å²) in [4.78, 5) is 20.1. The summed E-state index contributed by atoms with van der Waals surface area (Å²) in [6, 6.07) is -0.735. The van der Waals surface area contributed by atoms with Crippen molar-refractivity contribution in [1.82, 2.24) is 15.0 Å². The van der Waals surface area contributed by atoms with Crippen LogP contribution in [0.2, 0.25) is 0 Å². The van der Waals surface area contributed by atoms with Crippen molar-refractivity contribution in [2.75, 3.05) is 0 Å². The van der Waals surface area contributed by atoms with Gasteiger partial charge in [-0.25, -0.2) is 4.68 Å². The maximum atomic E-state index is 10.6. The summed E-state index contributed by atoms with van der Waals surface area (Å²) in [6.07, 6.45) is 1.05. The smallest absolute Gasteiger partial charge is 0.368 e. The molecule has 1 aromatic rings. The van der Waals surface area contributed by atoms with Crippen LogP contribution in [-0.4, -0.2) is 25.8 Å². The molecular weight excluding hydrogens is 178 g/mol. The number of primary amides is 1. The first-order valence-electron chi connectivity index (χ1n) is 3.38. The highest BCUT2D eigenvalue weighted by molar-refractivity contribution is 5.77. The summed E-state index contributed by atoms with van der Waals surface area (Å²) in [7, 11) is 0. The van der Waals surface area contributed by atoms with Gasteiger partial charge in [0.25, 0.3) is 0 Å². The first kappa shape index (κ1) is 9.10. The number of nitrogens with zero attached hydrogens (tertiary/aromatic N) is 4. The number of carbonyl (C=O) groups is 1. The molecule has 1 aromatic heterocycles. The average molecular weight is 185 g/mol. The first-order valence-corrected chi connectivity index (χ1v) is 3.38. The van der Waals surface area contributed by atoms with Gasteiger partial charge in [-0.3, -0.25) is 4.79 Å². The van der Waals surface area contributed by atoms with Crippen LogP contribution in [0.5, 0.6) is 0 Å². The molecule has 1 unspecified atom stereocenters. The Morgan fingerprint density at radius 1 is 1.85 bits per heavy atom. The molecule has 0 saturated carbocycles. The van der Waals surface area contributed by atoms with Crippen molar-refractivity contribution in [1.29, 1.82) is 0 Å². The molecule has 0 radical (unpaired) electrons. The zero-order chi connectivity index (χ0) is 10.0. The van der Waals surface area contributed by atoms with Crippen LogP contribution >= 0.6 is 0 Å². The van der Waals surface area contributed by atoms with Crippen LogP contribution in [0.4, 0.5) is 5.82 Å². The highest BCUT2D eigenvalue weighted by atomic mass is 16.6. The minimum absolute atomic E-state index is 0.409. The lowest BCUT2D eigenvalue weighted by molar-refractivity contribution is -0.389. The van der Waals surface area contributed by atoms with Crippen molar-refractivity contribution in [3.05, 3.63) is 16.3 Å². The normalized spacial score (nSPS) is 12.4. The van der Waals surface area contributed by atoms with Crippen LogP contribution < -0.4 is 5.73 Å². The fourth-order valence-corrected chi connectivity index (χ4v) is 0.671. The number of hydrogen-bond acceptors (Lipinski definition) is 5. The highest BCUT2D eigenvalue weighted by Gasteiger charge is 2.18. The Kier molecular flexibility index (Phi) is 2.22. The summed E-state index contributed by atoms with van der Waals surface area (Å²) >= 11 is 0. The molecule has 1 atom stereocenters. The predicted molar refractivity (Wildman–Crippen MR) is 40.6 cm³/mol. The van der Waals surface area contributed by atoms with Crippen LogP contribution in [-0.2, 0) is 4.79 Å². The van der Waals surface area contributed by atoms with Crippen molar-refractivity contribution in [2.24, 2.45) is 5.73 Å². The number of hydrogen-bond donors (Lipinski definition) is 1. The molecule has 0 aliphatic rings. The molecule has 8 nitrogen and oxygen atoms in total. The third kappa shape index (κ3) is 1.78. The van der Waals surface area contributed by atoms with Gasteiger partial charge in [0.1, 0.15) is 17.3 Å². The lowest BCUT2D eigenvalue weighted by Crippen LogP contribution is -2.24. The monoisotopic (exact) mass is 185 g/mol. The highest BCUT2D eigenvalue weighted by Crippen LogP contribution is 2.08. The van der Waals surface area contributed by atoms with Gasteiger partial charge >= 0.3 is 5.82 Å². The van der Waals surface area contributed by atoms with Crippen LogP contribution in [0.25, 0.3) is 0 Å². The van der Waals surface area contributed by atoms with E-state index < -0.39 is 22.7 Å². The van der Waals surface area contributed by atoms with E-state index >= 15 is 0 Å². The van der Waals surface area contributed by atoms with E-state index in [1.54, 1.807) is 0 Å².